The Balaban J connectivity index is 1.41. The van der Waals surface area contributed by atoms with Gasteiger partial charge in [0.05, 0.1) is 23.5 Å². The summed E-state index contributed by atoms with van der Waals surface area (Å²) in [5.74, 6) is 0.658. The fourth-order valence-electron chi connectivity index (χ4n) is 4.28. The van der Waals surface area contributed by atoms with E-state index in [0.29, 0.717) is 36.0 Å². The zero-order valence-electron chi connectivity index (χ0n) is 16.3. The van der Waals surface area contributed by atoms with Crippen LogP contribution in [-0.2, 0) is 7.05 Å². The summed E-state index contributed by atoms with van der Waals surface area (Å²) in [4.78, 5) is 42.5. The van der Waals surface area contributed by atoms with Crippen LogP contribution in [0.2, 0.25) is 0 Å². The van der Waals surface area contributed by atoms with Crippen LogP contribution in [0.15, 0.2) is 58.2 Å². The Morgan fingerprint density at radius 3 is 2.57 bits per heavy atom. The van der Waals surface area contributed by atoms with Crippen molar-refractivity contribution in [3.8, 4) is 11.4 Å². The fourth-order valence-corrected chi connectivity index (χ4v) is 4.54. The number of halogens is 1. The summed E-state index contributed by atoms with van der Waals surface area (Å²) in [5.41, 5.74) is 1.69. The highest BCUT2D eigenvalue weighted by atomic mass is 79.9. The number of hydrogen-bond donors (Lipinski definition) is 0. The Hall–Kier alpha value is -3.07. The van der Waals surface area contributed by atoms with Gasteiger partial charge in [0.2, 0.25) is 5.95 Å². The number of carbonyl (C=O) groups is 1. The van der Waals surface area contributed by atoms with Crippen LogP contribution in [0.3, 0.4) is 0 Å². The molecule has 8 nitrogen and oxygen atoms in total. The van der Waals surface area contributed by atoms with Crippen LogP contribution in [0.25, 0.3) is 11.4 Å². The number of anilines is 1. The molecule has 9 heteroatoms. The van der Waals surface area contributed by atoms with E-state index in [9.17, 15) is 9.59 Å². The molecular formula is C21H19BrN6O2. The number of rotatable bonds is 3. The molecule has 0 radical (unpaired) electrons. The first-order valence-corrected chi connectivity index (χ1v) is 10.5. The number of nitrogens with zero attached hydrogens (tertiary/aromatic N) is 6. The van der Waals surface area contributed by atoms with Crippen molar-refractivity contribution in [1.82, 2.24) is 24.4 Å². The average molecular weight is 467 g/mol. The molecule has 5 rings (SSSR count). The van der Waals surface area contributed by atoms with Crippen molar-refractivity contribution in [2.45, 2.75) is 18.5 Å². The Morgan fingerprint density at radius 1 is 1.10 bits per heavy atom. The molecule has 152 valence electrons. The van der Waals surface area contributed by atoms with Crippen molar-refractivity contribution < 1.29 is 4.79 Å². The number of piperazine rings is 1. The molecule has 2 atom stereocenters. The zero-order chi connectivity index (χ0) is 20.8. The minimum Gasteiger partial charge on any atom is -0.335 e. The monoisotopic (exact) mass is 466 g/mol. The smallest absolute Gasteiger partial charge is 0.255 e. The topological polar surface area (TPSA) is 84.2 Å². The summed E-state index contributed by atoms with van der Waals surface area (Å²) >= 11 is 3.41. The van der Waals surface area contributed by atoms with Crippen molar-refractivity contribution >= 4 is 27.8 Å². The average Bonchev–Trinajstić information content (AvgIpc) is 3.37. The Kier molecular flexibility index (Phi) is 4.62. The molecule has 0 aliphatic carbocycles. The van der Waals surface area contributed by atoms with E-state index in [1.165, 1.54) is 12.4 Å². The normalized spacial score (nSPS) is 20.1. The summed E-state index contributed by atoms with van der Waals surface area (Å²) in [6.07, 6.45) is 3.94. The maximum absolute atomic E-state index is 13.0. The van der Waals surface area contributed by atoms with Gasteiger partial charge in [-0.25, -0.2) is 15.0 Å². The lowest BCUT2D eigenvalue weighted by molar-refractivity contribution is 0.0725. The van der Waals surface area contributed by atoms with Crippen molar-refractivity contribution in [3.63, 3.8) is 0 Å². The second kappa shape index (κ2) is 7.32. The molecule has 3 aromatic rings. The highest BCUT2D eigenvalue weighted by Gasteiger charge is 2.46. The third-order valence-electron chi connectivity index (χ3n) is 5.81. The largest absolute Gasteiger partial charge is 0.335 e. The minimum absolute atomic E-state index is 0.0474. The van der Waals surface area contributed by atoms with Gasteiger partial charge in [0.25, 0.3) is 11.5 Å². The molecular weight excluding hydrogens is 448 g/mol. The number of amides is 1. The van der Waals surface area contributed by atoms with Gasteiger partial charge in [-0.05, 0) is 36.8 Å². The summed E-state index contributed by atoms with van der Waals surface area (Å²) < 4.78 is 2.51. The third-order valence-corrected chi connectivity index (χ3v) is 6.33. The molecule has 2 aliphatic rings. The van der Waals surface area contributed by atoms with Crippen LogP contribution in [0.5, 0.6) is 0 Å². The number of hydrogen-bond acceptors (Lipinski definition) is 6. The quantitative estimate of drug-likeness (QED) is 0.587. The lowest BCUT2D eigenvalue weighted by Crippen LogP contribution is -2.50. The van der Waals surface area contributed by atoms with Crippen molar-refractivity contribution in [3.05, 3.63) is 69.3 Å². The Morgan fingerprint density at radius 2 is 1.90 bits per heavy atom. The maximum atomic E-state index is 13.0. The third kappa shape index (κ3) is 3.19. The highest BCUT2D eigenvalue weighted by molar-refractivity contribution is 9.10. The fraction of sp³-hybridized carbons (Fsp3) is 0.286. The molecule has 1 unspecified atom stereocenters. The van der Waals surface area contributed by atoms with Crippen molar-refractivity contribution in [2.75, 3.05) is 18.0 Å². The van der Waals surface area contributed by atoms with Gasteiger partial charge < -0.3 is 9.80 Å². The molecule has 30 heavy (non-hydrogen) atoms. The maximum Gasteiger partial charge on any atom is 0.255 e. The van der Waals surface area contributed by atoms with E-state index < -0.39 is 0 Å². The van der Waals surface area contributed by atoms with Gasteiger partial charge in [-0.3, -0.25) is 14.2 Å². The molecule has 0 N–H and O–H groups in total. The van der Waals surface area contributed by atoms with Crippen LogP contribution in [-0.4, -0.2) is 55.5 Å². The molecule has 2 aliphatic heterocycles. The number of carbonyl (C=O) groups excluding carboxylic acids is 1. The highest BCUT2D eigenvalue weighted by Crippen LogP contribution is 2.34. The summed E-state index contributed by atoms with van der Waals surface area (Å²) in [6, 6.07) is 10.9. The van der Waals surface area contributed by atoms with Gasteiger partial charge in [-0.1, -0.05) is 15.9 Å². The van der Waals surface area contributed by atoms with Crippen LogP contribution in [0.4, 0.5) is 5.95 Å². The van der Waals surface area contributed by atoms with Gasteiger partial charge in [0.15, 0.2) is 0 Å². The summed E-state index contributed by atoms with van der Waals surface area (Å²) in [7, 11) is 1.73. The Labute approximate surface area is 181 Å². The second-order valence-corrected chi connectivity index (χ2v) is 8.51. The van der Waals surface area contributed by atoms with Gasteiger partial charge in [0, 0.05) is 42.4 Å². The first-order valence-electron chi connectivity index (χ1n) is 9.69. The Bertz CT molecular complexity index is 1160. The molecule has 1 amide bonds. The number of likely N-dealkylation sites (tertiary alicyclic amines) is 1. The molecule has 4 heterocycles. The van der Waals surface area contributed by atoms with Crippen LogP contribution >= 0.6 is 15.9 Å². The number of aromatic nitrogens is 4. The van der Waals surface area contributed by atoms with E-state index in [4.69, 9.17) is 4.98 Å². The first kappa shape index (κ1) is 18.9. The molecule has 2 bridgehead atoms. The van der Waals surface area contributed by atoms with Crippen molar-refractivity contribution in [1.29, 1.82) is 0 Å². The first-order chi connectivity index (χ1) is 14.5. The van der Waals surface area contributed by atoms with Gasteiger partial charge in [-0.2, -0.15) is 0 Å². The van der Waals surface area contributed by atoms with Crippen LogP contribution in [0, 0.1) is 0 Å². The lowest BCUT2D eigenvalue weighted by atomic mass is 10.2. The number of fused-ring (bicyclic) bond motifs is 2. The van der Waals surface area contributed by atoms with E-state index in [2.05, 4.69) is 30.8 Å². The van der Waals surface area contributed by atoms with Crippen LogP contribution < -0.4 is 10.5 Å². The molecule has 1 aromatic carbocycles. The molecule has 0 saturated carbocycles. The standard InChI is InChI=1S/C21H19BrN6O2/c1-26-19(29)9-18(17-6-7-23-12-24-17)25-21(26)28-11-15-8-16(28)10-27(15)20(30)13-2-4-14(22)5-3-13/h2-7,9,12,15-16H,8,10-11H2,1H3/t15?,16-/m1/s1. The molecule has 2 saturated heterocycles. The van der Waals surface area contributed by atoms with E-state index in [0.717, 1.165) is 10.9 Å². The van der Waals surface area contributed by atoms with E-state index >= 15 is 0 Å². The van der Waals surface area contributed by atoms with Crippen molar-refractivity contribution in [2.24, 2.45) is 7.05 Å². The van der Waals surface area contributed by atoms with Gasteiger partial charge in [-0.15, -0.1) is 0 Å². The van der Waals surface area contributed by atoms with Crippen LogP contribution in [0.1, 0.15) is 16.8 Å². The number of benzene rings is 1. The van der Waals surface area contributed by atoms with E-state index in [1.807, 2.05) is 29.2 Å². The molecule has 2 aromatic heterocycles. The second-order valence-electron chi connectivity index (χ2n) is 7.59. The summed E-state index contributed by atoms with van der Waals surface area (Å²) in [6.45, 7) is 1.27. The molecule has 2 fully saturated rings. The summed E-state index contributed by atoms with van der Waals surface area (Å²) in [5, 5.41) is 0. The SMILES string of the molecule is Cn1c(N2CC3C[C@@H]2CN3C(=O)c2ccc(Br)cc2)nc(-c2ccncn2)cc1=O. The van der Waals surface area contributed by atoms with E-state index in [1.54, 1.807) is 23.9 Å². The minimum atomic E-state index is -0.140. The molecule has 0 spiro atoms. The predicted octanol–water partition coefficient (Wildman–Crippen LogP) is 2.10. The van der Waals surface area contributed by atoms with E-state index in [-0.39, 0.29) is 23.6 Å². The van der Waals surface area contributed by atoms with Gasteiger partial charge in [0.1, 0.15) is 6.33 Å². The predicted molar refractivity (Wildman–Crippen MR) is 115 cm³/mol. The lowest BCUT2D eigenvalue weighted by Gasteiger charge is -2.35. The zero-order valence-corrected chi connectivity index (χ0v) is 17.9. The van der Waals surface area contributed by atoms with Gasteiger partial charge >= 0.3 is 0 Å².